The quantitative estimate of drug-likeness (QED) is 0.259. The summed E-state index contributed by atoms with van der Waals surface area (Å²) in [7, 11) is -5.84. The fourth-order valence-electron chi connectivity index (χ4n) is 3.62. The highest BCUT2D eigenvalue weighted by atomic mass is 32.2. The zero-order chi connectivity index (χ0) is 29.8. The van der Waals surface area contributed by atoms with Crippen molar-refractivity contribution < 1.29 is 49.6 Å². The first kappa shape index (κ1) is 31.9. The highest BCUT2D eigenvalue weighted by Crippen LogP contribution is 2.31. The molecule has 0 radical (unpaired) electrons. The van der Waals surface area contributed by atoms with Crippen LogP contribution in [0.4, 0.5) is 27.2 Å². The van der Waals surface area contributed by atoms with E-state index in [0.717, 1.165) is 17.4 Å². The first-order chi connectivity index (χ1) is 17.8. The van der Waals surface area contributed by atoms with E-state index >= 15 is 0 Å². The number of halogens is 4. The molecule has 9 nitrogen and oxygen atoms in total. The lowest BCUT2D eigenvalue weighted by Gasteiger charge is -2.32. The molecule has 1 aromatic carbocycles. The number of benzene rings is 1. The first-order valence-electron chi connectivity index (χ1n) is 12.0. The Bertz CT molecular complexity index is 1220. The molecule has 0 saturated carbocycles. The summed E-state index contributed by atoms with van der Waals surface area (Å²) in [6.45, 7) is 8.93. The zero-order valence-electron chi connectivity index (χ0n) is 22.2. The number of amides is 2. The smallest absolute Gasteiger partial charge is 0.465 e. The molecule has 0 bridgehead atoms. The van der Waals surface area contributed by atoms with Gasteiger partial charge in [0.2, 0.25) is 5.88 Å². The van der Waals surface area contributed by atoms with Gasteiger partial charge in [0.25, 0.3) is 0 Å². The fraction of sp³-hybridized carbons (Fsp3) is 0.520. The monoisotopic (exact) mass is 580 g/mol. The lowest BCUT2D eigenvalue weighted by atomic mass is 9.98. The Kier molecular flexibility index (Phi) is 10.0. The normalized spacial score (nSPS) is 20.2. The van der Waals surface area contributed by atoms with Crippen LogP contribution in [0, 0.1) is 17.7 Å². The third-order valence-electron chi connectivity index (χ3n) is 5.40. The van der Waals surface area contributed by atoms with Crippen molar-refractivity contribution in [2.45, 2.75) is 58.6 Å². The molecule has 0 fully saturated rings. The molecule has 14 heteroatoms. The molecule has 2 atom stereocenters. The largest absolute Gasteiger partial charge is 0.534 e. The number of carbonyl (C=O) groups is 2. The molecule has 2 aliphatic rings. The van der Waals surface area contributed by atoms with Crippen LogP contribution in [0.1, 0.15) is 53.0 Å². The Hall–Kier alpha value is -3.29. The van der Waals surface area contributed by atoms with Gasteiger partial charge in [0.05, 0.1) is 5.70 Å². The summed E-state index contributed by atoms with van der Waals surface area (Å²) < 4.78 is 81.6. The van der Waals surface area contributed by atoms with Crippen LogP contribution < -0.4 is 0 Å². The van der Waals surface area contributed by atoms with Crippen molar-refractivity contribution in [3.63, 3.8) is 0 Å². The lowest BCUT2D eigenvalue weighted by Crippen LogP contribution is -2.42. The topological polar surface area (TPSA) is 113 Å². The van der Waals surface area contributed by atoms with Crippen LogP contribution in [-0.2, 0) is 19.0 Å². The molecule has 0 saturated heterocycles. The Morgan fingerprint density at radius 2 is 1.56 bits per heavy atom. The van der Waals surface area contributed by atoms with E-state index in [1.807, 2.05) is 13.0 Å². The zero-order valence-corrected chi connectivity index (χ0v) is 23.0. The van der Waals surface area contributed by atoms with Crippen molar-refractivity contribution in [2.24, 2.45) is 11.8 Å². The Morgan fingerprint density at radius 1 is 1.00 bits per heavy atom. The third-order valence-corrected chi connectivity index (χ3v) is 6.35. The highest BCUT2D eigenvalue weighted by molar-refractivity contribution is 7.87. The minimum Gasteiger partial charge on any atom is -0.465 e. The average molecular weight is 581 g/mol. The Balaban J connectivity index is 0.000000282. The number of hydrogen-bond acceptors (Lipinski definition) is 6. The Morgan fingerprint density at radius 3 is 2.08 bits per heavy atom. The molecule has 218 valence electrons. The molecule has 2 unspecified atom stereocenters. The lowest BCUT2D eigenvalue weighted by molar-refractivity contribution is -0.0546. The van der Waals surface area contributed by atoms with Crippen molar-refractivity contribution in [3.8, 4) is 0 Å². The van der Waals surface area contributed by atoms with Gasteiger partial charge >= 0.3 is 27.8 Å². The van der Waals surface area contributed by atoms with E-state index in [1.165, 1.54) is 17.0 Å². The van der Waals surface area contributed by atoms with Crippen LogP contribution in [0.5, 0.6) is 0 Å². The van der Waals surface area contributed by atoms with E-state index in [-0.39, 0.29) is 24.7 Å². The fourth-order valence-corrected chi connectivity index (χ4v) is 4.10. The van der Waals surface area contributed by atoms with Gasteiger partial charge in [-0.2, -0.15) is 21.6 Å². The summed E-state index contributed by atoms with van der Waals surface area (Å²) >= 11 is 0. The minimum atomic E-state index is -5.84. The maximum Gasteiger partial charge on any atom is 0.534 e. The van der Waals surface area contributed by atoms with E-state index in [9.17, 15) is 35.6 Å². The van der Waals surface area contributed by atoms with Gasteiger partial charge < -0.3 is 14.0 Å². The van der Waals surface area contributed by atoms with Crippen LogP contribution in [-0.4, -0.2) is 59.7 Å². The molecule has 1 N–H and O–H groups in total. The number of hydrogen-bond donors (Lipinski definition) is 1. The molecule has 1 aromatic rings. The molecule has 2 aliphatic heterocycles. The SMILES string of the molecule is CC1CC=C(OS(=O)(=O)C(F)(F)F)N(C(=O)OC(C)(C)C)C1.CC1CC=C(c2cccc(F)c2)N(C(=O)O)C1. The van der Waals surface area contributed by atoms with E-state index in [0.29, 0.717) is 23.7 Å². The summed E-state index contributed by atoms with van der Waals surface area (Å²) in [4.78, 5) is 25.2. The molecule has 0 aromatic heterocycles. The molecule has 2 heterocycles. The van der Waals surface area contributed by atoms with Gasteiger partial charge in [-0.05, 0) is 63.7 Å². The summed E-state index contributed by atoms with van der Waals surface area (Å²) in [6.07, 6.45) is 2.12. The molecule has 39 heavy (non-hydrogen) atoms. The average Bonchev–Trinajstić information content (AvgIpc) is 2.78. The maximum atomic E-state index is 13.1. The van der Waals surface area contributed by atoms with Gasteiger partial charge in [-0.25, -0.2) is 18.9 Å². The van der Waals surface area contributed by atoms with Crippen LogP contribution in [0.25, 0.3) is 5.70 Å². The van der Waals surface area contributed by atoms with Crippen molar-refractivity contribution in [3.05, 3.63) is 53.7 Å². The molecular formula is C25H32F4N2O7S. The second-order valence-electron chi connectivity index (χ2n) is 10.3. The van der Waals surface area contributed by atoms with Crippen molar-refractivity contribution in [1.29, 1.82) is 0 Å². The van der Waals surface area contributed by atoms with Gasteiger partial charge in [-0.1, -0.05) is 32.1 Å². The van der Waals surface area contributed by atoms with E-state index in [1.54, 1.807) is 39.8 Å². The number of ether oxygens (including phenoxy) is 1. The van der Waals surface area contributed by atoms with E-state index < -0.39 is 39.3 Å². The van der Waals surface area contributed by atoms with Gasteiger partial charge in [0.1, 0.15) is 11.4 Å². The summed E-state index contributed by atoms with van der Waals surface area (Å²) in [5.41, 5.74) is -5.27. The highest BCUT2D eigenvalue weighted by Gasteiger charge is 2.50. The van der Waals surface area contributed by atoms with Crippen LogP contribution in [0.15, 0.2) is 42.3 Å². The van der Waals surface area contributed by atoms with Gasteiger partial charge in [-0.3, -0.25) is 4.90 Å². The second kappa shape index (κ2) is 12.3. The van der Waals surface area contributed by atoms with E-state index in [4.69, 9.17) is 9.84 Å². The van der Waals surface area contributed by atoms with Gasteiger partial charge in [0, 0.05) is 18.7 Å². The summed E-state index contributed by atoms with van der Waals surface area (Å²) in [5.74, 6) is -0.825. The summed E-state index contributed by atoms with van der Waals surface area (Å²) in [5, 5.41) is 9.15. The number of rotatable bonds is 3. The molecular weight excluding hydrogens is 548 g/mol. The number of nitrogens with zero attached hydrogens (tertiary/aromatic N) is 2. The van der Waals surface area contributed by atoms with Crippen LogP contribution >= 0.6 is 0 Å². The number of carboxylic acid groups (broad SMARTS) is 1. The number of allylic oxidation sites excluding steroid dienone is 2. The van der Waals surface area contributed by atoms with Gasteiger partial charge in [-0.15, -0.1) is 0 Å². The molecule has 3 rings (SSSR count). The second-order valence-corrected chi connectivity index (χ2v) is 11.8. The Labute approximate surface area is 224 Å². The van der Waals surface area contributed by atoms with Gasteiger partial charge in [0.15, 0.2) is 0 Å². The van der Waals surface area contributed by atoms with Crippen molar-refractivity contribution in [1.82, 2.24) is 9.80 Å². The molecule has 0 spiro atoms. The van der Waals surface area contributed by atoms with Crippen molar-refractivity contribution >= 4 is 28.0 Å². The van der Waals surface area contributed by atoms with Crippen LogP contribution in [0.2, 0.25) is 0 Å². The standard InChI is InChI=1S/C13H14FNO2.C12H18F3NO5S/c1-9-5-6-12(15(8-9)13(16)17)10-3-2-4-11(14)7-10;1-8-5-6-9(21-22(18,19)12(13,14)15)16(7-8)10(17)20-11(2,3)4/h2-4,6-7,9H,5,8H2,1H3,(H,16,17);6,8H,5,7H2,1-4H3. The molecule has 2 amide bonds. The first-order valence-corrected chi connectivity index (χ1v) is 13.4. The predicted molar refractivity (Wildman–Crippen MR) is 134 cm³/mol. The molecule has 0 aliphatic carbocycles. The number of carbonyl (C=O) groups excluding carboxylic acids is 1. The van der Waals surface area contributed by atoms with Crippen LogP contribution in [0.3, 0.4) is 0 Å². The maximum absolute atomic E-state index is 13.1. The number of alkyl halides is 3. The summed E-state index contributed by atoms with van der Waals surface area (Å²) in [6, 6.07) is 6.02. The van der Waals surface area contributed by atoms with E-state index in [2.05, 4.69) is 4.18 Å². The van der Waals surface area contributed by atoms with Crippen molar-refractivity contribution in [2.75, 3.05) is 13.1 Å². The third kappa shape index (κ3) is 9.15. The minimum absolute atomic E-state index is 0.00583. The predicted octanol–water partition coefficient (Wildman–Crippen LogP) is 6.16.